The molecule has 1 aromatic heterocycles. The Morgan fingerprint density at radius 1 is 1.42 bits per heavy atom. The van der Waals surface area contributed by atoms with Crippen molar-refractivity contribution < 1.29 is 9.59 Å². The third-order valence-corrected chi connectivity index (χ3v) is 4.99. The Hall–Kier alpha value is -2.64. The van der Waals surface area contributed by atoms with Crippen LogP contribution in [-0.2, 0) is 4.79 Å². The zero-order valence-electron chi connectivity index (χ0n) is 15.1. The molecule has 8 heteroatoms. The van der Waals surface area contributed by atoms with Crippen LogP contribution in [0.1, 0.15) is 29.6 Å². The first-order chi connectivity index (χ1) is 12.6. The molecule has 8 nitrogen and oxygen atoms in total. The number of aromatic nitrogens is 1. The van der Waals surface area contributed by atoms with E-state index in [2.05, 4.69) is 30.8 Å². The Labute approximate surface area is 153 Å². The Morgan fingerprint density at radius 2 is 2.27 bits per heavy atom. The van der Waals surface area contributed by atoms with Crippen LogP contribution >= 0.6 is 0 Å². The first-order valence-electron chi connectivity index (χ1n) is 9.02. The minimum absolute atomic E-state index is 0.0292. The number of nitrogens with one attached hydrogen (secondary N) is 3. The highest BCUT2D eigenvalue weighted by Gasteiger charge is 2.42. The van der Waals surface area contributed by atoms with Crippen LogP contribution in [0.15, 0.2) is 29.5 Å². The zero-order chi connectivity index (χ0) is 18.4. The van der Waals surface area contributed by atoms with Gasteiger partial charge in [0.2, 0.25) is 5.91 Å². The summed E-state index contributed by atoms with van der Waals surface area (Å²) in [5, 5.41) is 9.13. The number of rotatable bonds is 4. The largest absolute Gasteiger partial charge is 0.355 e. The van der Waals surface area contributed by atoms with Crippen molar-refractivity contribution in [3.8, 4) is 0 Å². The molecule has 2 fully saturated rings. The summed E-state index contributed by atoms with van der Waals surface area (Å²) < 4.78 is 0. The summed E-state index contributed by atoms with van der Waals surface area (Å²) in [6, 6.07) is 3.47. The van der Waals surface area contributed by atoms with Crippen LogP contribution in [0.3, 0.4) is 0 Å². The Bertz CT molecular complexity index is 678. The van der Waals surface area contributed by atoms with Crippen molar-refractivity contribution in [2.24, 2.45) is 10.4 Å². The zero-order valence-corrected chi connectivity index (χ0v) is 15.1. The molecule has 0 radical (unpaired) electrons. The molecule has 1 unspecified atom stereocenters. The summed E-state index contributed by atoms with van der Waals surface area (Å²) in [5.74, 6) is 0.828. The van der Waals surface area contributed by atoms with Crippen molar-refractivity contribution in [3.05, 3.63) is 30.1 Å². The molecule has 0 bridgehead atoms. The van der Waals surface area contributed by atoms with Gasteiger partial charge in [-0.2, -0.15) is 0 Å². The average Bonchev–Trinajstić information content (AvgIpc) is 3.02. The number of carbonyl (C=O) groups excluding carboxylic acids is 2. The van der Waals surface area contributed by atoms with Gasteiger partial charge in [-0.05, 0) is 25.0 Å². The summed E-state index contributed by atoms with van der Waals surface area (Å²) >= 11 is 0. The first-order valence-corrected chi connectivity index (χ1v) is 9.02. The SMILES string of the molecule is CN=C(NCCNC(=O)c1cccnc1)N1CCCC2(CNC(=O)C2)C1. The van der Waals surface area contributed by atoms with Crippen molar-refractivity contribution in [1.29, 1.82) is 0 Å². The van der Waals surface area contributed by atoms with Crippen molar-refractivity contribution >= 4 is 17.8 Å². The number of nitrogens with zero attached hydrogens (tertiary/aromatic N) is 3. The van der Waals surface area contributed by atoms with Crippen molar-refractivity contribution in [3.63, 3.8) is 0 Å². The standard InChI is InChI=1S/C18H26N6O2/c1-19-17(22-8-7-21-16(26)14-4-2-6-20-11-14)24-9-3-5-18(13-24)10-15(25)23-12-18/h2,4,6,11H,3,5,7-10,12-13H2,1H3,(H,19,22)(H,21,26)(H,23,25). The molecule has 2 saturated heterocycles. The fourth-order valence-corrected chi connectivity index (χ4v) is 3.71. The predicted molar refractivity (Wildman–Crippen MR) is 98.8 cm³/mol. The van der Waals surface area contributed by atoms with Gasteiger partial charge in [0.15, 0.2) is 5.96 Å². The maximum Gasteiger partial charge on any atom is 0.252 e. The molecule has 0 saturated carbocycles. The topological polar surface area (TPSA) is 98.7 Å². The van der Waals surface area contributed by atoms with Gasteiger partial charge in [0.1, 0.15) is 0 Å². The first kappa shape index (κ1) is 18.2. The van der Waals surface area contributed by atoms with Gasteiger partial charge in [-0.15, -0.1) is 0 Å². The van der Waals surface area contributed by atoms with E-state index < -0.39 is 0 Å². The van der Waals surface area contributed by atoms with Crippen molar-refractivity contribution in [2.75, 3.05) is 39.8 Å². The van der Waals surface area contributed by atoms with Crippen LogP contribution in [0, 0.1) is 5.41 Å². The summed E-state index contributed by atoms with van der Waals surface area (Å²) in [4.78, 5) is 34.2. The molecule has 3 heterocycles. The Morgan fingerprint density at radius 3 is 2.96 bits per heavy atom. The fourth-order valence-electron chi connectivity index (χ4n) is 3.71. The number of pyridine rings is 1. The predicted octanol–water partition coefficient (Wildman–Crippen LogP) is -0.0111. The van der Waals surface area contributed by atoms with E-state index in [1.807, 2.05) is 0 Å². The van der Waals surface area contributed by atoms with Gasteiger partial charge in [-0.25, -0.2) is 0 Å². The lowest BCUT2D eigenvalue weighted by molar-refractivity contribution is -0.119. The van der Waals surface area contributed by atoms with Crippen LogP contribution in [0.5, 0.6) is 0 Å². The molecule has 3 N–H and O–H groups in total. The van der Waals surface area contributed by atoms with Crippen LogP contribution in [0.2, 0.25) is 0 Å². The minimum Gasteiger partial charge on any atom is -0.355 e. The van der Waals surface area contributed by atoms with E-state index in [-0.39, 0.29) is 17.2 Å². The third kappa shape index (κ3) is 4.30. The number of guanidine groups is 1. The van der Waals surface area contributed by atoms with Gasteiger partial charge in [-0.3, -0.25) is 19.6 Å². The molecule has 1 aromatic rings. The smallest absolute Gasteiger partial charge is 0.252 e. The van der Waals surface area contributed by atoms with E-state index in [0.717, 1.165) is 38.4 Å². The summed E-state index contributed by atoms with van der Waals surface area (Å²) in [6.07, 6.45) is 5.91. The van der Waals surface area contributed by atoms with Gasteiger partial charge in [-0.1, -0.05) is 0 Å². The molecule has 2 amide bonds. The van der Waals surface area contributed by atoms with E-state index in [1.54, 1.807) is 31.6 Å². The highest BCUT2D eigenvalue weighted by molar-refractivity contribution is 5.93. The quantitative estimate of drug-likeness (QED) is 0.399. The maximum absolute atomic E-state index is 12.0. The lowest BCUT2D eigenvalue weighted by Gasteiger charge is -2.40. The van der Waals surface area contributed by atoms with Crippen molar-refractivity contribution in [1.82, 2.24) is 25.8 Å². The van der Waals surface area contributed by atoms with E-state index in [9.17, 15) is 9.59 Å². The highest BCUT2D eigenvalue weighted by atomic mass is 16.2. The molecule has 0 aliphatic carbocycles. The molecule has 1 spiro atoms. The van der Waals surface area contributed by atoms with Gasteiger partial charge in [0, 0.05) is 64.0 Å². The van der Waals surface area contributed by atoms with E-state index in [1.165, 1.54) is 0 Å². The van der Waals surface area contributed by atoms with Gasteiger partial charge >= 0.3 is 0 Å². The monoisotopic (exact) mass is 358 g/mol. The number of aliphatic imine (C=N–C) groups is 1. The second kappa shape index (κ2) is 8.16. The second-order valence-corrected chi connectivity index (χ2v) is 6.95. The third-order valence-electron chi connectivity index (χ3n) is 4.99. The lowest BCUT2D eigenvalue weighted by atomic mass is 9.79. The van der Waals surface area contributed by atoms with E-state index in [0.29, 0.717) is 25.1 Å². The molecule has 2 aliphatic heterocycles. The highest BCUT2D eigenvalue weighted by Crippen LogP contribution is 2.35. The number of carbonyl (C=O) groups is 2. The lowest BCUT2D eigenvalue weighted by Crippen LogP contribution is -2.52. The molecule has 26 heavy (non-hydrogen) atoms. The minimum atomic E-state index is -0.137. The molecule has 140 valence electrons. The fraction of sp³-hybridized carbons (Fsp3) is 0.556. The van der Waals surface area contributed by atoms with Crippen molar-refractivity contribution in [2.45, 2.75) is 19.3 Å². The van der Waals surface area contributed by atoms with Crippen LogP contribution < -0.4 is 16.0 Å². The number of amides is 2. The summed E-state index contributed by atoms with van der Waals surface area (Å²) in [6.45, 7) is 3.58. The summed E-state index contributed by atoms with van der Waals surface area (Å²) in [5.41, 5.74) is 0.579. The molecule has 0 aromatic carbocycles. The van der Waals surface area contributed by atoms with Crippen LogP contribution in [0.25, 0.3) is 0 Å². The van der Waals surface area contributed by atoms with Gasteiger partial charge in [0.25, 0.3) is 5.91 Å². The molecular weight excluding hydrogens is 332 g/mol. The molecule has 2 aliphatic rings. The van der Waals surface area contributed by atoms with Crippen LogP contribution in [-0.4, -0.2) is 67.4 Å². The number of likely N-dealkylation sites (tertiary alicyclic amines) is 1. The molecular formula is C18H26N6O2. The Kier molecular flexibility index (Phi) is 5.70. The molecule has 3 rings (SSSR count). The number of piperidine rings is 1. The van der Waals surface area contributed by atoms with E-state index >= 15 is 0 Å². The Balaban J connectivity index is 1.46. The van der Waals surface area contributed by atoms with E-state index in [4.69, 9.17) is 0 Å². The molecule has 1 atom stereocenters. The summed E-state index contributed by atoms with van der Waals surface area (Å²) in [7, 11) is 1.76. The van der Waals surface area contributed by atoms with Gasteiger partial charge < -0.3 is 20.9 Å². The second-order valence-electron chi connectivity index (χ2n) is 6.95. The number of hydrogen-bond acceptors (Lipinski definition) is 4. The van der Waals surface area contributed by atoms with Gasteiger partial charge in [0.05, 0.1) is 5.56 Å². The average molecular weight is 358 g/mol. The maximum atomic E-state index is 12.0. The normalized spacial score (nSPS) is 23.0. The number of hydrogen-bond donors (Lipinski definition) is 3. The van der Waals surface area contributed by atoms with Crippen LogP contribution in [0.4, 0.5) is 0 Å².